The quantitative estimate of drug-likeness (QED) is 0.375. The fraction of sp³-hybridized carbons (Fsp3) is 0.0645. The Morgan fingerprint density at radius 1 is 0.435 bits per heavy atom. The Labute approximate surface area is 253 Å². The van der Waals surface area contributed by atoms with Gasteiger partial charge in [-0.05, 0) is 30.3 Å². The number of nitriles is 9. The molecule has 0 heterocycles. The van der Waals surface area contributed by atoms with Crippen molar-refractivity contribution in [2.45, 2.75) is 12.4 Å². The van der Waals surface area contributed by atoms with Crippen LogP contribution in [0.5, 0.6) is 0 Å². The van der Waals surface area contributed by atoms with E-state index in [2.05, 4.69) is 0 Å². The van der Waals surface area contributed by atoms with Crippen molar-refractivity contribution < 1.29 is 26.3 Å². The molecule has 0 aliphatic rings. The van der Waals surface area contributed by atoms with Crippen LogP contribution in [0.3, 0.4) is 0 Å². The van der Waals surface area contributed by atoms with Gasteiger partial charge in [0.15, 0.2) is 0 Å². The van der Waals surface area contributed by atoms with Crippen LogP contribution in [0.4, 0.5) is 26.3 Å². The molecule has 0 spiro atoms. The van der Waals surface area contributed by atoms with Gasteiger partial charge in [0.2, 0.25) is 0 Å². The van der Waals surface area contributed by atoms with Crippen LogP contribution in [-0.4, -0.2) is 0 Å². The van der Waals surface area contributed by atoms with Gasteiger partial charge in [-0.25, -0.2) is 0 Å². The van der Waals surface area contributed by atoms with Crippen LogP contribution in [0.25, 0.3) is 11.1 Å². The lowest BCUT2D eigenvalue weighted by atomic mass is 9.87. The smallest absolute Gasteiger partial charge is 0.192 e. The minimum Gasteiger partial charge on any atom is -0.192 e. The summed E-state index contributed by atoms with van der Waals surface area (Å²) in [5, 5.41) is 86.2. The van der Waals surface area contributed by atoms with Crippen LogP contribution in [-0.2, 0) is 12.4 Å². The Morgan fingerprint density at radius 2 is 0.826 bits per heavy atom. The summed E-state index contributed by atoms with van der Waals surface area (Å²) in [7, 11) is 0. The minimum absolute atomic E-state index is 0.277. The third-order valence-corrected chi connectivity index (χ3v) is 6.36. The largest absolute Gasteiger partial charge is 0.417 e. The maximum atomic E-state index is 13.8. The average molecular weight is 617 g/mol. The molecule has 0 saturated carbocycles. The Morgan fingerprint density at radius 3 is 1.15 bits per heavy atom. The zero-order valence-corrected chi connectivity index (χ0v) is 22.2. The molecule has 0 atom stereocenters. The van der Waals surface area contributed by atoms with Crippen molar-refractivity contribution in [3.05, 3.63) is 102 Å². The molecular formula is C31H5F6N9. The Kier molecular flexibility index (Phi) is 8.81. The maximum absolute atomic E-state index is 13.8. The molecule has 0 aliphatic carbocycles. The summed E-state index contributed by atoms with van der Waals surface area (Å²) < 4.78 is 82.5. The van der Waals surface area contributed by atoms with Gasteiger partial charge < -0.3 is 0 Å². The summed E-state index contributed by atoms with van der Waals surface area (Å²) in [4.78, 5) is 0. The van der Waals surface area contributed by atoms with Gasteiger partial charge in [0.1, 0.15) is 24.3 Å². The number of alkyl halides is 6. The van der Waals surface area contributed by atoms with E-state index in [1.807, 2.05) is 0 Å². The predicted molar refractivity (Wildman–Crippen MR) is 138 cm³/mol. The van der Waals surface area contributed by atoms with E-state index in [1.165, 1.54) is 48.6 Å². The van der Waals surface area contributed by atoms with Crippen LogP contribution in [0.1, 0.15) is 61.2 Å². The van der Waals surface area contributed by atoms with E-state index < -0.39 is 95.1 Å². The van der Waals surface area contributed by atoms with Crippen LogP contribution >= 0.6 is 0 Å². The van der Waals surface area contributed by atoms with Gasteiger partial charge in [0.25, 0.3) is 0 Å². The summed E-state index contributed by atoms with van der Waals surface area (Å²) in [6.45, 7) is 0. The second kappa shape index (κ2) is 12.3. The molecule has 0 unspecified atom stereocenters. The average Bonchev–Trinajstić information content (AvgIpc) is 3.03. The van der Waals surface area contributed by atoms with Crippen molar-refractivity contribution in [3.63, 3.8) is 0 Å². The summed E-state index contributed by atoms with van der Waals surface area (Å²) >= 11 is 0. The number of nitrogens with zero attached hydrogens (tertiary/aromatic N) is 9. The fourth-order valence-electron chi connectivity index (χ4n) is 4.42. The monoisotopic (exact) mass is 617 g/mol. The van der Waals surface area contributed by atoms with Crippen molar-refractivity contribution in [3.8, 4) is 54.6 Å². The molecule has 46 heavy (non-hydrogen) atoms. The molecule has 0 bridgehead atoms. The maximum Gasteiger partial charge on any atom is 0.417 e. The van der Waals surface area contributed by atoms with Crippen LogP contribution in [0, 0.1) is 102 Å². The van der Waals surface area contributed by atoms with Crippen LogP contribution < -0.4 is 10.4 Å². The van der Waals surface area contributed by atoms with Gasteiger partial charge in [0, 0.05) is 21.6 Å². The molecule has 0 N–H and O–H groups in total. The lowest BCUT2D eigenvalue weighted by Gasteiger charge is -2.14. The van der Waals surface area contributed by atoms with E-state index in [-0.39, 0.29) is 6.07 Å². The molecule has 0 saturated heterocycles. The summed E-state index contributed by atoms with van der Waals surface area (Å²) in [6, 6.07) is 15.6. The van der Waals surface area contributed by atoms with Gasteiger partial charge >= 0.3 is 12.4 Å². The van der Waals surface area contributed by atoms with E-state index in [9.17, 15) is 73.7 Å². The first-order chi connectivity index (χ1) is 21.7. The van der Waals surface area contributed by atoms with Crippen molar-refractivity contribution >= 4 is 11.1 Å². The minimum atomic E-state index is -5.17. The molecule has 0 aromatic heterocycles. The number of benzene rings is 3. The van der Waals surface area contributed by atoms with E-state index in [4.69, 9.17) is 0 Å². The highest BCUT2D eigenvalue weighted by Gasteiger charge is 2.36. The molecular weight excluding hydrogens is 612 g/mol. The Bertz CT molecular complexity index is 2390. The Hall–Kier alpha value is -7.61. The molecule has 0 amide bonds. The number of halogens is 6. The fourth-order valence-corrected chi connectivity index (χ4v) is 4.42. The highest BCUT2D eigenvalue weighted by Crippen LogP contribution is 2.36. The first-order valence-corrected chi connectivity index (χ1v) is 11.8. The highest BCUT2D eigenvalue weighted by molar-refractivity contribution is 5.86. The van der Waals surface area contributed by atoms with Gasteiger partial charge in [-0.1, -0.05) is 0 Å². The molecule has 0 aliphatic heterocycles. The molecule has 216 valence electrons. The number of hydrogen-bond donors (Lipinski definition) is 0. The standard InChI is InChI=1S/C31H5F6N9/c32-30(33,34)27-4-20(15(6-38)1-17(27)8-40)23(11-43)22-3-19(10-42)29(26(14-46)24(22)12-44)25(13-45)21-5-28(31(35,36)37)18(9-41)2-16(21)7-39/h1-5H/b23-22-,29-25+. The molecule has 3 aromatic rings. The zero-order valence-electron chi connectivity index (χ0n) is 22.2. The third kappa shape index (κ3) is 5.58. The van der Waals surface area contributed by atoms with Crippen molar-refractivity contribution in [1.82, 2.24) is 0 Å². The summed E-state index contributed by atoms with van der Waals surface area (Å²) in [6.07, 6.45) is -10.3. The molecule has 0 radical (unpaired) electrons. The second-order valence-corrected chi connectivity index (χ2v) is 8.74. The van der Waals surface area contributed by atoms with E-state index >= 15 is 0 Å². The number of rotatable bonds is 2. The van der Waals surface area contributed by atoms with E-state index in [0.717, 1.165) is 0 Å². The van der Waals surface area contributed by atoms with Crippen molar-refractivity contribution in [2.75, 3.05) is 0 Å². The molecule has 15 heteroatoms. The van der Waals surface area contributed by atoms with Gasteiger partial charge in [0.05, 0.1) is 91.6 Å². The van der Waals surface area contributed by atoms with Gasteiger partial charge in [-0.2, -0.15) is 73.7 Å². The van der Waals surface area contributed by atoms with E-state index in [1.54, 1.807) is 6.07 Å². The molecule has 9 nitrogen and oxygen atoms in total. The molecule has 0 fully saturated rings. The molecule has 3 aromatic carbocycles. The Balaban J connectivity index is 2.77. The van der Waals surface area contributed by atoms with E-state index in [0.29, 0.717) is 24.3 Å². The predicted octanol–water partition coefficient (Wildman–Crippen LogP) is 4.27. The first kappa shape index (κ1) is 32.9. The lowest BCUT2D eigenvalue weighted by Crippen LogP contribution is -2.27. The third-order valence-electron chi connectivity index (χ3n) is 6.36. The molecule has 3 rings (SSSR count). The van der Waals surface area contributed by atoms with Gasteiger partial charge in [-0.3, -0.25) is 0 Å². The van der Waals surface area contributed by atoms with Crippen molar-refractivity contribution in [2.24, 2.45) is 0 Å². The van der Waals surface area contributed by atoms with Gasteiger partial charge in [-0.15, -0.1) is 0 Å². The SMILES string of the molecule is N#C/C(c1cc(C(F)(F)F)c(C#N)cc1C#N)=c1/c(C#N)c/c(=C(\C#N)c2cc(C(F)(F)F)c(C#N)cc2C#N)c(C#N)c1C#N. The van der Waals surface area contributed by atoms with Crippen LogP contribution in [0.2, 0.25) is 0 Å². The summed E-state index contributed by atoms with van der Waals surface area (Å²) in [5.41, 5.74) is -12.1. The zero-order chi connectivity index (χ0) is 34.6. The first-order valence-electron chi connectivity index (χ1n) is 11.8. The van der Waals surface area contributed by atoms with Crippen molar-refractivity contribution in [1.29, 1.82) is 47.4 Å². The highest BCUT2D eigenvalue weighted by atomic mass is 19.4. The number of hydrogen-bond acceptors (Lipinski definition) is 9. The lowest BCUT2D eigenvalue weighted by molar-refractivity contribution is -0.138. The second-order valence-electron chi connectivity index (χ2n) is 8.74. The topological polar surface area (TPSA) is 214 Å². The van der Waals surface area contributed by atoms with Crippen LogP contribution in [0.15, 0.2) is 30.3 Å². The summed E-state index contributed by atoms with van der Waals surface area (Å²) in [5.74, 6) is 0. The normalized spacial score (nSPS) is 11.8.